The Morgan fingerprint density at radius 2 is 1.43 bits per heavy atom. The zero-order valence-electron chi connectivity index (χ0n) is 11.7. The maximum absolute atomic E-state index is 6.13. The predicted octanol–water partition coefficient (Wildman–Crippen LogP) is 5.97. The average molecular weight is 290 g/mol. The van der Waals surface area contributed by atoms with Crippen molar-refractivity contribution in [3.63, 3.8) is 0 Å². The van der Waals surface area contributed by atoms with Gasteiger partial charge in [-0.05, 0) is 24.0 Å². The highest BCUT2D eigenvalue weighted by atomic mass is 32.2. The number of fused-ring (bicyclic) bond motifs is 3. The Kier molecular flexibility index (Phi) is 2.97. The second kappa shape index (κ2) is 4.97. The summed E-state index contributed by atoms with van der Waals surface area (Å²) in [5.74, 6) is 0. The molecule has 0 amide bonds. The first-order valence-corrected chi connectivity index (χ1v) is 8.14. The van der Waals surface area contributed by atoms with Gasteiger partial charge in [0, 0.05) is 21.2 Å². The molecule has 1 nitrogen and oxygen atoms in total. The van der Waals surface area contributed by atoms with E-state index in [0.29, 0.717) is 0 Å². The molecule has 102 valence electrons. The van der Waals surface area contributed by atoms with Crippen LogP contribution in [0.3, 0.4) is 0 Å². The lowest BCUT2D eigenvalue weighted by Crippen LogP contribution is -1.82. The fourth-order valence-electron chi connectivity index (χ4n) is 2.83. The first kappa shape index (κ1) is 12.5. The normalized spacial score (nSPS) is 11.3. The van der Waals surface area contributed by atoms with Gasteiger partial charge in [-0.2, -0.15) is 0 Å². The molecule has 3 aromatic carbocycles. The molecule has 21 heavy (non-hydrogen) atoms. The van der Waals surface area contributed by atoms with Crippen LogP contribution in [0.1, 0.15) is 0 Å². The first-order valence-electron chi connectivity index (χ1n) is 6.92. The van der Waals surface area contributed by atoms with Crippen LogP contribution in [0, 0.1) is 0 Å². The third-order valence-electron chi connectivity index (χ3n) is 3.80. The Labute approximate surface area is 127 Å². The van der Waals surface area contributed by atoms with Crippen molar-refractivity contribution in [1.29, 1.82) is 0 Å². The zero-order chi connectivity index (χ0) is 14.2. The third-order valence-corrected chi connectivity index (χ3v) is 4.60. The van der Waals surface area contributed by atoms with Crippen LogP contribution in [0.25, 0.3) is 33.1 Å². The minimum atomic E-state index is 0.946. The highest BCUT2D eigenvalue weighted by Gasteiger charge is 2.13. The molecule has 2 heteroatoms. The van der Waals surface area contributed by atoms with E-state index in [1.54, 1.807) is 11.8 Å². The molecule has 0 atom stereocenters. The molecule has 4 aromatic rings. The molecule has 0 radical (unpaired) electrons. The van der Waals surface area contributed by atoms with Crippen molar-refractivity contribution >= 4 is 33.7 Å². The molecule has 4 rings (SSSR count). The monoisotopic (exact) mass is 290 g/mol. The van der Waals surface area contributed by atoms with Crippen LogP contribution in [0.4, 0.5) is 0 Å². The fraction of sp³-hybridized carbons (Fsp3) is 0.0526. The Hall–Kier alpha value is -2.19. The van der Waals surface area contributed by atoms with E-state index in [1.807, 2.05) is 12.1 Å². The van der Waals surface area contributed by atoms with Gasteiger partial charge in [-0.15, -0.1) is 11.8 Å². The molecular weight excluding hydrogens is 276 g/mol. The van der Waals surface area contributed by atoms with Gasteiger partial charge in [0.1, 0.15) is 11.2 Å². The van der Waals surface area contributed by atoms with Crippen LogP contribution in [0.2, 0.25) is 0 Å². The van der Waals surface area contributed by atoms with Crippen LogP contribution in [-0.2, 0) is 0 Å². The molecule has 0 aliphatic rings. The SMILES string of the molecule is CSc1ccccc1-c1cccc2c1oc1ccccc12. The van der Waals surface area contributed by atoms with Crippen molar-refractivity contribution in [2.24, 2.45) is 0 Å². The predicted molar refractivity (Wildman–Crippen MR) is 90.9 cm³/mol. The maximum Gasteiger partial charge on any atom is 0.143 e. The summed E-state index contributed by atoms with van der Waals surface area (Å²) in [5, 5.41) is 2.36. The number of para-hydroxylation sites is 2. The highest BCUT2D eigenvalue weighted by Crippen LogP contribution is 2.38. The quantitative estimate of drug-likeness (QED) is 0.422. The van der Waals surface area contributed by atoms with Gasteiger partial charge in [0.2, 0.25) is 0 Å². The number of hydrogen-bond donors (Lipinski definition) is 0. The number of benzene rings is 3. The van der Waals surface area contributed by atoms with E-state index in [1.165, 1.54) is 21.2 Å². The van der Waals surface area contributed by atoms with Crippen LogP contribution >= 0.6 is 11.8 Å². The average Bonchev–Trinajstić information content (AvgIpc) is 2.93. The lowest BCUT2D eigenvalue weighted by Gasteiger charge is -2.07. The van der Waals surface area contributed by atoms with Crippen LogP contribution < -0.4 is 0 Å². The summed E-state index contributed by atoms with van der Waals surface area (Å²) in [6, 6.07) is 23.1. The number of thioether (sulfide) groups is 1. The molecule has 0 unspecified atom stereocenters. The van der Waals surface area contributed by atoms with E-state index >= 15 is 0 Å². The minimum absolute atomic E-state index is 0.946. The van der Waals surface area contributed by atoms with E-state index in [9.17, 15) is 0 Å². The van der Waals surface area contributed by atoms with Crippen LogP contribution in [0.5, 0.6) is 0 Å². The summed E-state index contributed by atoms with van der Waals surface area (Å²) < 4.78 is 6.13. The topological polar surface area (TPSA) is 13.1 Å². The van der Waals surface area contributed by atoms with E-state index in [0.717, 1.165) is 16.7 Å². The molecule has 0 aliphatic carbocycles. The Bertz CT molecular complexity index is 937. The van der Waals surface area contributed by atoms with Gasteiger partial charge in [-0.3, -0.25) is 0 Å². The Morgan fingerprint density at radius 3 is 2.33 bits per heavy atom. The molecule has 0 spiro atoms. The summed E-state index contributed by atoms with van der Waals surface area (Å²) >= 11 is 1.76. The Morgan fingerprint density at radius 1 is 0.714 bits per heavy atom. The molecule has 1 heterocycles. The van der Waals surface area contributed by atoms with Crippen molar-refractivity contribution in [3.05, 3.63) is 66.7 Å². The van der Waals surface area contributed by atoms with Crippen LogP contribution in [0.15, 0.2) is 76.0 Å². The van der Waals surface area contributed by atoms with Gasteiger partial charge in [-0.1, -0.05) is 54.6 Å². The molecule has 0 saturated carbocycles. The molecule has 0 aliphatic heterocycles. The maximum atomic E-state index is 6.13. The lowest BCUT2D eigenvalue weighted by molar-refractivity contribution is 0.670. The van der Waals surface area contributed by atoms with E-state index in [4.69, 9.17) is 4.42 Å². The Balaban J connectivity index is 2.10. The van der Waals surface area contributed by atoms with Gasteiger partial charge in [-0.25, -0.2) is 0 Å². The second-order valence-corrected chi connectivity index (χ2v) is 5.83. The molecule has 0 bridgehead atoms. The summed E-state index contributed by atoms with van der Waals surface area (Å²) in [6.07, 6.45) is 2.11. The summed E-state index contributed by atoms with van der Waals surface area (Å²) in [7, 11) is 0. The van der Waals surface area contributed by atoms with Gasteiger partial charge < -0.3 is 4.42 Å². The zero-order valence-corrected chi connectivity index (χ0v) is 12.5. The number of hydrogen-bond acceptors (Lipinski definition) is 2. The van der Waals surface area contributed by atoms with Gasteiger partial charge in [0.05, 0.1) is 0 Å². The van der Waals surface area contributed by atoms with Crippen molar-refractivity contribution in [2.75, 3.05) is 6.26 Å². The van der Waals surface area contributed by atoms with Crippen LogP contribution in [-0.4, -0.2) is 6.26 Å². The fourth-order valence-corrected chi connectivity index (χ4v) is 3.44. The summed E-state index contributed by atoms with van der Waals surface area (Å²) in [5.41, 5.74) is 4.31. The highest BCUT2D eigenvalue weighted by molar-refractivity contribution is 7.98. The molecule has 0 N–H and O–H groups in total. The van der Waals surface area contributed by atoms with Crippen molar-refractivity contribution < 1.29 is 4.42 Å². The smallest absolute Gasteiger partial charge is 0.143 e. The van der Waals surface area contributed by atoms with Gasteiger partial charge in [0.15, 0.2) is 0 Å². The number of rotatable bonds is 2. The van der Waals surface area contributed by atoms with Gasteiger partial charge in [0.25, 0.3) is 0 Å². The second-order valence-electron chi connectivity index (χ2n) is 4.98. The summed E-state index contributed by atoms with van der Waals surface area (Å²) in [4.78, 5) is 1.27. The molecule has 0 saturated heterocycles. The largest absolute Gasteiger partial charge is 0.455 e. The van der Waals surface area contributed by atoms with E-state index in [2.05, 4.69) is 60.9 Å². The first-order chi connectivity index (χ1) is 10.4. The third kappa shape index (κ3) is 1.95. The van der Waals surface area contributed by atoms with Crippen molar-refractivity contribution in [2.45, 2.75) is 4.90 Å². The molecule has 0 fully saturated rings. The van der Waals surface area contributed by atoms with E-state index in [-0.39, 0.29) is 0 Å². The minimum Gasteiger partial charge on any atom is -0.455 e. The van der Waals surface area contributed by atoms with Crippen molar-refractivity contribution in [3.8, 4) is 11.1 Å². The lowest BCUT2D eigenvalue weighted by atomic mass is 10.0. The summed E-state index contributed by atoms with van der Waals surface area (Å²) in [6.45, 7) is 0. The van der Waals surface area contributed by atoms with E-state index < -0.39 is 0 Å². The van der Waals surface area contributed by atoms with Gasteiger partial charge >= 0.3 is 0 Å². The standard InChI is InChI=1S/C19H14OS/c1-21-18-12-5-3-8-14(18)16-10-6-9-15-13-7-2-4-11-17(13)20-19(15)16/h2-12H,1H3. The molecular formula is C19H14OS. The van der Waals surface area contributed by atoms with Crippen molar-refractivity contribution in [1.82, 2.24) is 0 Å². The number of furan rings is 1. The molecule has 1 aromatic heterocycles.